The van der Waals surface area contributed by atoms with Gasteiger partial charge in [0.25, 0.3) is 6.33 Å². The minimum absolute atomic E-state index is 0.00732. The molecule has 0 fully saturated rings. The standard InChI is InChI=1S/C48H48N4O/c1-46(2,3)32-24-25-49-44(29-32)52-39-19-13-11-17-35(39)36-23-22-31(26-42(36)52)34-16-10-12-18-38(34)50-30-51(41-21-15-14-20-40(41)50)43-28-33(47(4,5)6)27-37(45(43)53)48(7,8)9/h10-29,53H,1-9H3. The second kappa shape index (κ2) is 12.2. The Bertz CT molecular complexity index is 2690. The Hall–Kier alpha value is -5.68. The third kappa shape index (κ3) is 5.89. The Labute approximate surface area is 312 Å². The molecule has 0 aliphatic heterocycles. The summed E-state index contributed by atoms with van der Waals surface area (Å²) in [5, 5.41) is 14.3. The average Bonchev–Trinajstić information content (AvgIpc) is 3.66. The molecule has 0 spiro atoms. The first-order valence-corrected chi connectivity index (χ1v) is 18.5. The Morgan fingerprint density at radius 2 is 1.26 bits per heavy atom. The van der Waals surface area contributed by atoms with Crippen molar-refractivity contribution in [1.29, 1.82) is 0 Å². The topological polar surface area (TPSA) is 46.9 Å². The highest BCUT2D eigenvalue weighted by atomic mass is 16.3. The fraction of sp³-hybridized carbons (Fsp3) is 0.250. The largest absolute Gasteiger partial charge is 0.511 e. The van der Waals surface area contributed by atoms with Crippen LogP contribution in [-0.4, -0.2) is 19.2 Å². The molecule has 0 unspecified atom stereocenters. The van der Waals surface area contributed by atoms with Crippen molar-refractivity contribution in [1.82, 2.24) is 14.1 Å². The molecule has 53 heavy (non-hydrogen) atoms. The van der Waals surface area contributed by atoms with Crippen LogP contribution in [0.25, 0.3) is 61.2 Å². The summed E-state index contributed by atoms with van der Waals surface area (Å²) >= 11 is 0. The number of aromatic hydroxyl groups is 1. The minimum atomic E-state index is -0.254. The van der Waals surface area contributed by atoms with Crippen LogP contribution in [0.2, 0.25) is 0 Å². The zero-order valence-electron chi connectivity index (χ0n) is 32.3. The molecule has 0 bridgehead atoms. The fourth-order valence-electron chi connectivity index (χ4n) is 7.52. The zero-order chi connectivity index (χ0) is 37.4. The van der Waals surface area contributed by atoms with Gasteiger partial charge in [0, 0.05) is 17.0 Å². The normalized spacial score (nSPS) is 12.7. The van der Waals surface area contributed by atoms with Gasteiger partial charge in [0.15, 0.2) is 0 Å². The van der Waals surface area contributed by atoms with E-state index in [1.807, 2.05) is 16.8 Å². The van der Waals surface area contributed by atoms with Gasteiger partial charge in [0.1, 0.15) is 17.3 Å². The molecule has 0 saturated carbocycles. The van der Waals surface area contributed by atoms with Gasteiger partial charge in [-0.3, -0.25) is 13.7 Å². The molecule has 5 heteroatoms. The third-order valence-electron chi connectivity index (χ3n) is 10.5. The van der Waals surface area contributed by atoms with Crippen molar-refractivity contribution in [2.75, 3.05) is 0 Å². The van der Waals surface area contributed by atoms with Crippen LogP contribution in [0.5, 0.6) is 5.75 Å². The van der Waals surface area contributed by atoms with E-state index in [-0.39, 0.29) is 22.0 Å². The number of para-hydroxylation sites is 4. The van der Waals surface area contributed by atoms with Crippen LogP contribution in [0.15, 0.2) is 121 Å². The number of fused-ring (bicyclic) bond motifs is 4. The first-order chi connectivity index (χ1) is 25.1. The summed E-state index contributed by atoms with van der Waals surface area (Å²) in [7, 11) is 0. The first-order valence-electron chi connectivity index (χ1n) is 18.5. The molecule has 0 atom stereocenters. The lowest BCUT2D eigenvalue weighted by atomic mass is 9.79. The molecule has 3 heterocycles. The number of hydrogen-bond donors (Lipinski definition) is 1. The maximum Gasteiger partial charge on any atom is 0.269 e. The second-order valence-corrected chi connectivity index (χ2v) is 17.4. The second-order valence-electron chi connectivity index (χ2n) is 17.4. The quantitative estimate of drug-likeness (QED) is 0.147. The smallest absolute Gasteiger partial charge is 0.269 e. The van der Waals surface area contributed by atoms with Crippen LogP contribution >= 0.6 is 0 Å². The van der Waals surface area contributed by atoms with Gasteiger partial charge in [-0.2, -0.15) is 0 Å². The van der Waals surface area contributed by atoms with Gasteiger partial charge in [0.2, 0.25) is 0 Å². The summed E-state index contributed by atoms with van der Waals surface area (Å²) in [6.07, 6.45) is 5.63. The van der Waals surface area contributed by atoms with Crippen LogP contribution < -0.4 is 4.57 Å². The number of nitrogens with zero attached hydrogens (tertiary/aromatic N) is 4. The number of imidazole rings is 1. The Balaban J connectivity index is 1.36. The summed E-state index contributed by atoms with van der Waals surface area (Å²) in [6.45, 7) is 19.8. The van der Waals surface area contributed by atoms with Crippen molar-refractivity contribution in [2.24, 2.45) is 0 Å². The van der Waals surface area contributed by atoms with Crippen LogP contribution in [0.4, 0.5) is 0 Å². The lowest BCUT2D eigenvalue weighted by molar-refractivity contribution is -0.571. The molecule has 266 valence electrons. The van der Waals surface area contributed by atoms with Crippen molar-refractivity contribution in [3.8, 4) is 34.1 Å². The number of phenolic OH excluding ortho intramolecular Hbond substituents is 1. The van der Waals surface area contributed by atoms with Gasteiger partial charge in [-0.15, -0.1) is 0 Å². The molecule has 0 aliphatic rings. The molecule has 0 amide bonds. The van der Waals surface area contributed by atoms with E-state index in [9.17, 15) is 5.11 Å². The molecule has 8 rings (SSSR count). The average molecular weight is 697 g/mol. The number of pyridine rings is 1. The highest BCUT2D eigenvalue weighted by Crippen LogP contribution is 2.41. The Morgan fingerprint density at radius 1 is 0.604 bits per heavy atom. The van der Waals surface area contributed by atoms with Crippen molar-refractivity contribution >= 4 is 32.8 Å². The molecular formula is C48H48N4O. The molecule has 1 N–H and O–H groups in total. The van der Waals surface area contributed by atoms with Gasteiger partial charge in [-0.25, -0.2) is 4.98 Å². The van der Waals surface area contributed by atoms with Gasteiger partial charge in [0.05, 0.1) is 27.8 Å². The minimum Gasteiger partial charge on any atom is -0.511 e. The van der Waals surface area contributed by atoms with Crippen LogP contribution in [-0.2, 0) is 16.2 Å². The predicted molar refractivity (Wildman–Crippen MR) is 219 cm³/mol. The van der Waals surface area contributed by atoms with E-state index in [0.717, 1.165) is 55.9 Å². The van der Waals surface area contributed by atoms with Gasteiger partial charge in [-0.05, 0) is 80.5 Å². The summed E-state index contributed by atoms with van der Waals surface area (Å²) in [6, 6.07) is 40.9. The Morgan fingerprint density at radius 3 is 2.00 bits per heavy atom. The third-order valence-corrected chi connectivity index (χ3v) is 10.5. The van der Waals surface area contributed by atoms with E-state index in [1.165, 1.54) is 21.9 Å². The molecule has 5 nitrogen and oxygen atoms in total. The van der Waals surface area contributed by atoms with Crippen LogP contribution in [0, 0.1) is 6.33 Å². The fourth-order valence-corrected chi connectivity index (χ4v) is 7.52. The number of rotatable bonds is 4. The molecule has 0 saturated heterocycles. The molecule has 8 aromatic rings. The van der Waals surface area contributed by atoms with E-state index in [2.05, 4.69) is 187 Å². The van der Waals surface area contributed by atoms with E-state index < -0.39 is 0 Å². The van der Waals surface area contributed by atoms with E-state index in [1.54, 1.807) is 0 Å². The summed E-state index contributed by atoms with van der Waals surface area (Å²) in [5.41, 5.74) is 11.0. The van der Waals surface area contributed by atoms with Gasteiger partial charge in [-0.1, -0.05) is 141 Å². The monoisotopic (exact) mass is 696 g/mol. The van der Waals surface area contributed by atoms with Crippen molar-refractivity contribution < 1.29 is 9.67 Å². The number of benzene rings is 5. The van der Waals surface area contributed by atoms with Crippen LogP contribution in [0.1, 0.15) is 79.0 Å². The maximum atomic E-state index is 11.9. The number of hydrogen-bond acceptors (Lipinski definition) is 2. The van der Waals surface area contributed by atoms with E-state index in [0.29, 0.717) is 0 Å². The van der Waals surface area contributed by atoms with Crippen LogP contribution in [0.3, 0.4) is 0 Å². The molecular weight excluding hydrogens is 649 g/mol. The number of phenols is 1. The number of aromatic nitrogens is 4. The van der Waals surface area contributed by atoms with Gasteiger partial charge >= 0.3 is 0 Å². The highest BCUT2D eigenvalue weighted by Gasteiger charge is 2.27. The molecule has 5 aromatic carbocycles. The lowest BCUT2D eigenvalue weighted by Gasteiger charge is -2.27. The van der Waals surface area contributed by atoms with E-state index in [4.69, 9.17) is 4.98 Å². The summed E-state index contributed by atoms with van der Waals surface area (Å²) in [5.74, 6) is 1.19. The predicted octanol–water partition coefficient (Wildman–Crippen LogP) is 11.5. The van der Waals surface area contributed by atoms with Crippen molar-refractivity contribution in [3.63, 3.8) is 0 Å². The molecule has 0 radical (unpaired) electrons. The summed E-state index contributed by atoms with van der Waals surface area (Å²) < 4.78 is 6.47. The highest BCUT2D eigenvalue weighted by molar-refractivity contribution is 6.10. The zero-order valence-corrected chi connectivity index (χ0v) is 32.3. The van der Waals surface area contributed by atoms with E-state index >= 15 is 0 Å². The Kier molecular flexibility index (Phi) is 7.92. The van der Waals surface area contributed by atoms with Crippen molar-refractivity contribution in [2.45, 2.75) is 78.6 Å². The first kappa shape index (κ1) is 34.4. The lowest BCUT2D eigenvalue weighted by Crippen LogP contribution is -2.30. The molecule has 3 aromatic heterocycles. The summed E-state index contributed by atoms with van der Waals surface area (Å²) in [4.78, 5) is 4.91. The maximum absolute atomic E-state index is 11.9. The molecule has 0 aliphatic carbocycles. The van der Waals surface area contributed by atoms with Crippen molar-refractivity contribution in [3.05, 3.63) is 144 Å². The van der Waals surface area contributed by atoms with Gasteiger partial charge < -0.3 is 5.11 Å². The SMILES string of the molecule is CC(C)(C)c1ccnc(-n2c3ccccc3c3ccc(-c4ccccc4-[n+]4[c-]n(-c5cc(C(C)(C)C)cc(C(C)(C)C)c5O)c5ccccc54)cc32)c1.